The molecule has 17 heavy (non-hydrogen) atoms. The Morgan fingerprint density at radius 1 is 1.35 bits per heavy atom. The first kappa shape index (κ1) is 14.3. The molecule has 0 aromatic carbocycles. The second-order valence-electron chi connectivity index (χ2n) is 4.85. The zero-order chi connectivity index (χ0) is 13.2. The number of rotatable bonds is 3. The Bertz CT molecular complexity index is 281. The van der Waals surface area contributed by atoms with Crippen molar-refractivity contribution in [2.75, 3.05) is 0 Å². The fourth-order valence-electron chi connectivity index (χ4n) is 2.36. The van der Waals surface area contributed by atoms with Crippen molar-refractivity contribution in [2.45, 2.75) is 51.5 Å². The number of amides is 1. The minimum absolute atomic E-state index is 0.0795. The minimum atomic E-state index is -3.25. The second-order valence-corrected chi connectivity index (χ2v) is 4.85. The van der Waals surface area contributed by atoms with Gasteiger partial charge in [0.15, 0.2) is 0 Å². The molecule has 1 fully saturated rings. The van der Waals surface area contributed by atoms with Crippen LogP contribution in [0.2, 0.25) is 0 Å². The SMILES string of the molecule is CC(C)[C@@H]1CCCC(F)(F)[C@H]1NC(=O)C(F)F. The molecular weight excluding hydrogens is 238 g/mol. The zero-order valence-corrected chi connectivity index (χ0v) is 9.85. The maximum absolute atomic E-state index is 13.6. The van der Waals surface area contributed by atoms with Gasteiger partial charge in [0.2, 0.25) is 0 Å². The summed E-state index contributed by atoms with van der Waals surface area (Å²) in [7, 11) is 0. The molecule has 0 aliphatic heterocycles. The molecule has 0 radical (unpaired) electrons. The van der Waals surface area contributed by atoms with Crippen LogP contribution in [0, 0.1) is 11.8 Å². The van der Waals surface area contributed by atoms with Crippen molar-refractivity contribution < 1.29 is 22.4 Å². The molecule has 6 heteroatoms. The predicted octanol–water partition coefficient (Wildman–Crippen LogP) is 2.83. The predicted molar refractivity (Wildman–Crippen MR) is 55.1 cm³/mol. The molecule has 0 aromatic heterocycles. The molecule has 1 aliphatic carbocycles. The summed E-state index contributed by atoms with van der Waals surface area (Å²) in [6, 6.07) is -1.47. The quantitative estimate of drug-likeness (QED) is 0.772. The lowest BCUT2D eigenvalue weighted by Crippen LogP contribution is -2.56. The van der Waals surface area contributed by atoms with Crippen LogP contribution in [0.3, 0.4) is 0 Å². The number of hydrogen-bond donors (Lipinski definition) is 1. The zero-order valence-electron chi connectivity index (χ0n) is 9.85. The van der Waals surface area contributed by atoms with Crippen molar-refractivity contribution in [1.29, 1.82) is 0 Å². The van der Waals surface area contributed by atoms with Gasteiger partial charge >= 0.3 is 6.43 Å². The Hall–Kier alpha value is -0.810. The van der Waals surface area contributed by atoms with E-state index in [1.54, 1.807) is 19.2 Å². The van der Waals surface area contributed by atoms with E-state index in [2.05, 4.69) is 0 Å². The third-order valence-corrected chi connectivity index (χ3v) is 3.28. The van der Waals surface area contributed by atoms with Gasteiger partial charge in [-0.1, -0.05) is 13.8 Å². The Morgan fingerprint density at radius 2 is 1.94 bits per heavy atom. The number of hydrogen-bond acceptors (Lipinski definition) is 1. The van der Waals surface area contributed by atoms with Crippen LogP contribution < -0.4 is 5.32 Å². The molecular formula is C11H17F4NO. The summed E-state index contributed by atoms with van der Waals surface area (Å²) in [4.78, 5) is 10.9. The first-order valence-electron chi connectivity index (χ1n) is 5.72. The van der Waals surface area contributed by atoms with Crippen LogP contribution in [-0.2, 0) is 4.79 Å². The standard InChI is InChI=1S/C11H17F4NO/c1-6(2)7-4-3-5-11(14,15)8(7)16-10(17)9(12)13/h6-9H,3-5H2,1-2H3,(H,16,17)/t7-,8-/m0/s1. The maximum atomic E-state index is 13.6. The molecule has 0 saturated heterocycles. The van der Waals surface area contributed by atoms with Crippen LogP contribution in [0.1, 0.15) is 33.1 Å². The van der Waals surface area contributed by atoms with E-state index in [0.717, 1.165) is 0 Å². The van der Waals surface area contributed by atoms with Gasteiger partial charge in [-0.25, -0.2) is 8.78 Å². The van der Waals surface area contributed by atoms with Crippen molar-refractivity contribution in [1.82, 2.24) is 5.32 Å². The highest BCUT2D eigenvalue weighted by molar-refractivity contribution is 5.79. The molecule has 1 rings (SSSR count). The van der Waals surface area contributed by atoms with Crippen LogP contribution in [0.15, 0.2) is 0 Å². The van der Waals surface area contributed by atoms with E-state index in [9.17, 15) is 22.4 Å². The van der Waals surface area contributed by atoms with E-state index in [1.807, 2.05) is 0 Å². The monoisotopic (exact) mass is 255 g/mol. The average molecular weight is 255 g/mol. The van der Waals surface area contributed by atoms with Gasteiger partial charge in [-0.05, 0) is 24.7 Å². The molecule has 100 valence electrons. The largest absolute Gasteiger partial charge is 0.342 e. The van der Waals surface area contributed by atoms with Gasteiger partial charge in [0.05, 0.1) is 6.04 Å². The first-order chi connectivity index (χ1) is 7.75. The highest BCUT2D eigenvalue weighted by atomic mass is 19.3. The van der Waals surface area contributed by atoms with Gasteiger partial charge < -0.3 is 5.32 Å². The summed E-state index contributed by atoms with van der Waals surface area (Å²) in [5, 5.41) is 1.80. The summed E-state index contributed by atoms with van der Waals surface area (Å²) in [5.74, 6) is -5.25. The number of carbonyl (C=O) groups excluding carboxylic acids is 1. The lowest BCUT2D eigenvalue weighted by Gasteiger charge is -2.40. The highest BCUT2D eigenvalue weighted by Gasteiger charge is 2.48. The normalized spacial score (nSPS) is 28.5. The van der Waals surface area contributed by atoms with Crippen LogP contribution >= 0.6 is 0 Å². The van der Waals surface area contributed by atoms with Gasteiger partial charge in [-0.3, -0.25) is 4.79 Å². The Balaban J connectivity index is 2.82. The molecule has 0 heterocycles. The van der Waals surface area contributed by atoms with Gasteiger partial charge in [0.25, 0.3) is 11.8 Å². The van der Waals surface area contributed by atoms with Gasteiger partial charge in [-0.2, -0.15) is 8.78 Å². The van der Waals surface area contributed by atoms with Crippen molar-refractivity contribution in [3.05, 3.63) is 0 Å². The van der Waals surface area contributed by atoms with Gasteiger partial charge in [0.1, 0.15) is 0 Å². The fraction of sp³-hybridized carbons (Fsp3) is 0.909. The summed E-state index contributed by atoms with van der Waals surface area (Å²) < 4.78 is 51.5. The number of nitrogens with one attached hydrogen (secondary N) is 1. The van der Waals surface area contributed by atoms with Crippen molar-refractivity contribution in [2.24, 2.45) is 11.8 Å². The first-order valence-corrected chi connectivity index (χ1v) is 5.72. The van der Waals surface area contributed by atoms with Crippen LogP contribution in [0.25, 0.3) is 0 Å². The fourth-order valence-corrected chi connectivity index (χ4v) is 2.36. The molecule has 1 amide bonds. The van der Waals surface area contributed by atoms with E-state index < -0.39 is 30.2 Å². The molecule has 1 saturated carbocycles. The lowest BCUT2D eigenvalue weighted by atomic mass is 9.75. The topological polar surface area (TPSA) is 29.1 Å². The van der Waals surface area contributed by atoms with Crippen LogP contribution in [0.4, 0.5) is 17.6 Å². The van der Waals surface area contributed by atoms with E-state index in [1.165, 1.54) is 0 Å². The van der Waals surface area contributed by atoms with E-state index in [-0.39, 0.29) is 12.3 Å². The van der Waals surface area contributed by atoms with Gasteiger partial charge in [0, 0.05) is 6.42 Å². The van der Waals surface area contributed by atoms with E-state index in [4.69, 9.17) is 0 Å². The Morgan fingerprint density at radius 3 is 2.41 bits per heavy atom. The summed E-state index contributed by atoms with van der Waals surface area (Å²) in [6.07, 6.45) is -2.72. The number of halogens is 4. The molecule has 1 aliphatic rings. The third kappa shape index (κ3) is 3.33. The molecule has 0 bridgehead atoms. The van der Waals surface area contributed by atoms with Crippen molar-refractivity contribution >= 4 is 5.91 Å². The molecule has 2 nitrogen and oxygen atoms in total. The molecule has 1 N–H and O–H groups in total. The lowest BCUT2D eigenvalue weighted by molar-refractivity contribution is -0.142. The Labute approximate surface area is 97.8 Å². The number of carbonyl (C=O) groups is 1. The van der Waals surface area contributed by atoms with E-state index >= 15 is 0 Å². The summed E-state index contributed by atoms with van der Waals surface area (Å²) >= 11 is 0. The molecule has 0 spiro atoms. The smallest absolute Gasteiger partial charge is 0.315 e. The van der Waals surface area contributed by atoms with Crippen LogP contribution in [-0.4, -0.2) is 24.3 Å². The second kappa shape index (κ2) is 5.23. The van der Waals surface area contributed by atoms with Gasteiger partial charge in [-0.15, -0.1) is 0 Å². The third-order valence-electron chi connectivity index (χ3n) is 3.28. The van der Waals surface area contributed by atoms with Crippen molar-refractivity contribution in [3.8, 4) is 0 Å². The summed E-state index contributed by atoms with van der Waals surface area (Å²) in [5.41, 5.74) is 0. The molecule has 0 aromatic rings. The molecule has 2 atom stereocenters. The highest BCUT2D eigenvalue weighted by Crippen LogP contribution is 2.40. The van der Waals surface area contributed by atoms with Crippen LogP contribution in [0.5, 0.6) is 0 Å². The van der Waals surface area contributed by atoms with E-state index in [0.29, 0.717) is 12.8 Å². The maximum Gasteiger partial charge on any atom is 0.315 e. The number of alkyl halides is 4. The minimum Gasteiger partial charge on any atom is -0.342 e. The summed E-state index contributed by atoms with van der Waals surface area (Å²) in [6.45, 7) is 3.52. The average Bonchev–Trinajstić information content (AvgIpc) is 2.19. The molecule has 0 unspecified atom stereocenters. The Kier molecular flexibility index (Phi) is 4.38. The van der Waals surface area contributed by atoms with Crippen molar-refractivity contribution in [3.63, 3.8) is 0 Å².